The standard InChI is InChI=1S/C14H17BrN4O/c15-12-2-1-3-13(11(12)8-16)18-10-4-6-19(7-5-10)9-14(17)20/h1-3,10,18H,4-7,9H2,(H2,17,20). The lowest BCUT2D eigenvalue weighted by atomic mass is 10.0. The highest BCUT2D eigenvalue weighted by Gasteiger charge is 2.20. The summed E-state index contributed by atoms with van der Waals surface area (Å²) in [6.45, 7) is 2.01. The highest BCUT2D eigenvalue weighted by atomic mass is 79.9. The van der Waals surface area contributed by atoms with Crippen LogP contribution in [0.25, 0.3) is 0 Å². The molecular weight excluding hydrogens is 320 g/mol. The van der Waals surface area contributed by atoms with Gasteiger partial charge in [-0.1, -0.05) is 6.07 Å². The van der Waals surface area contributed by atoms with Gasteiger partial charge in [-0.25, -0.2) is 0 Å². The van der Waals surface area contributed by atoms with Crippen molar-refractivity contribution in [3.63, 3.8) is 0 Å². The molecule has 5 nitrogen and oxygen atoms in total. The van der Waals surface area contributed by atoms with Gasteiger partial charge in [0.1, 0.15) is 6.07 Å². The van der Waals surface area contributed by atoms with Crippen molar-refractivity contribution < 1.29 is 4.79 Å². The van der Waals surface area contributed by atoms with E-state index in [0.29, 0.717) is 18.2 Å². The number of carbonyl (C=O) groups is 1. The maximum Gasteiger partial charge on any atom is 0.231 e. The molecule has 0 unspecified atom stereocenters. The second kappa shape index (κ2) is 6.73. The van der Waals surface area contributed by atoms with Gasteiger partial charge in [-0.15, -0.1) is 0 Å². The molecule has 1 heterocycles. The first-order valence-electron chi connectivity index (χ1n) is 6.56. The fraction of sp³-hybridized carbons (Fsp3) is 0.429. The molecule has 1 aliphatic heterocycles. The molecule has 1 aromatic carbocycles. The Balaban J connectivity index is 1.95. The SMILES string of the molecule is N#Cc1c(Br)cccc1NC1CCN(CC(N)=O)CC1. The van der Waals surface area contributed by atoms with Gasteiger partial charge in [-0.3, -0.25) is 9.69 Å². The summed E-state index contributed by atoms with van der Waals surface area (Å²) in [5.41, 5.74) is 6.69. The first-order chi connectivity index (χ1) is 9.60. The van der Waals surface area contributed by atoms with Gasteiger partial charge in [0.25, 0.3) is 0 Å². The summed E-state index contributed by atoms with van der Waals surface area (Å²) in [5, 5.41) is 12.6. The molecule has 106 valence electrons. The summed E-state index contributed by atoms with van der Waals surface area (Å²) < 4.78 is 0.802. The lowest BCUT2D eigenvalue weighted by Crippen LogP contribution is -2.43. The second-order valence-corrected chi connectivity index (χ2v) is 5.79. The number of carbonyl (C=O) groups excluding carboxylic acids is 1. The number of hydrogen-bond acceptors (Lipinski definition) is 4. The fourth-order valence-electron chi connectivity index (χ4n) is 2.43. The van der Waals surface area contributed by atoms with Crippen molar-refractivity contribution in [2.45, 2.75) is 18.9 Å². The van der Waals surface area contributed by atoms with Crippen molar-refractivity contribution in [1.82, 2.24) is 4.90 Å². The van der Waals surface area contributed by atoms with E-state index in [1.807, 2.05) is 18.2 Å². The number of benzene rings is 1. The maximum atomic E-state index is 10.9. The quantitative estimate of drug-likeness (QED) is 0.876. The highest BCUT2D eigenvalue weighted by Crippen LogP contribution is 2.26. The van der Waals surface area contributed by atoms with Gasteiger partial charge in [0.2, 0.25) is 5.91 Å². The van der Waals surface area contributed by atoms with Crippen LogP contribution >= 0.6 is 15.9 Å². The average molecular weight is 337 g/mol. The van der Waals surface area contributed by atoms with Crippen LogP contribution in [0.3, 0.4) is 0 Å². The zero-order valence-electron chi connectivity index (χ0n) is 11.1. The van der Waals surface area contributed by atoms with Crippen LogP contribution in [0.5, 0.6) is 0 Å². The van der Waals surface area contributed by atoms with E-state index in [0.717, 1.165) is 36.1 Å². The van der Waals surface area contributed by atoms with E-state index in [-0.39, 0.29) is 5.91 Å². The van der Waals surface area contributed by atoms with E-state index in [1.165, 1.54) is 0 Å². The Bertz CT molecular complexity index is 532. The van der Waals surface area contributed by atoms with Crippen LogP contribution in [-0.2, 0) is 4.79 Å². The van der Waals surface area contributed by atoms with Crippen molar-refractivity contribution in [1.29, 1.82) is 5.26 Å². The third kappa shape index (κ3) is 3.71. The molecule has 0 aromatic heterocycles. The third-order valence-corrected chi connectivity index (χ3v) is 4.11. The van der Waals surface area contributed by atoms with Gasteiger partial charge in [-0.05, 0) is 40.9 Å². The van der Waals surface area contributed by atoms with Crippen molar-refractivity contribution in [3.8, 4) is 6.07 Å². The molecule has 20 heavy (non-hydrogen) atoms. The number of nitrogens with one attached hydrogen (secondary N) is 1. The van der Waals surface area contributed by atoms with E-state index in [4.69, 9.17) is 5.73 Å². The fourth-order valence-corrected chi connectivity index (χ4v) is 2.89. The van der Waals surface area contributed by atoms with E-state index in [1.54, 1.807) is 0 Å². The normalized spacial score (nSPS) is 16.6. The molecule has 6 heteroatoms. The van der Waals surface area contributed by atoms with Gasteiger partial charge in [0, 0.05) is 23.6 Å². The number of piperidine rings is 1. The van der Waals surface area contributed by atoms with Crippen LogP contribution in [0.15, 0.2) is 22.7 Å². The number of rotatable bonds is 4. The summed E-state index contributed by atoms with van der Waals surface area (Å²) in [6.07, 6.45) is 1.87. The molecule has 0 bridgehead atoms. The number of amides is 1. The zero-order valence-corrected chi connectivity index (χ0v) is 12.7. The molecular formula is C14H17BrN4O. The van der Waals surface area contributed by atoms with E-state index in [2.05, 4.69) is 32.2 Å². The Morgan fingerprint density at radius 3 is 2.80 bits per heavy atom. The van der Waals surface area contributed by atoms with Crippen LogP contribution in [0.2, 0.25) is 0 Å². The predicted octanol–water partition coefficient (Wildman–Crippen LogP) is 1.68. The molecule has 1 aromatic rings. The molecule has 1 saturated heterocycles. The minimum Gasteiger partial charge on any atom is -0.381 e. The van der Waals surface area contributed by atoms with Gasteiger partial charge in [0.05, 0.1) is 17.8 Å². The van der Waals surface area contributed by atoms with E-state index in [9.17, 15) is 10.1 Å². The van der Waals surface area contributed by atoms with Crippen LogP contribution in [0.1, 0.15) is 18.4 Å². The topological polar surface area (TPSA) is 82.2 Å². The Hall–Kier alpha value is -1.58. The van der Waals surface area contributed by atoms with Crippen molar-refractivity contribution in [3.05, 3.63) is 28.2 Å². The average Bonchev–Trinajstić information content (AvgIpc) is 2.41. The third-order valence-electron chi connectivity index (χ3n) is 3.45. The number of halogens is 1. The maximum absolute atomic E-state index is 10.9. The number of nitriles is 1. The molecule has 1 aliphatic rings. The Labute approximate surface area is 126 Å². The largest absolute Gasteiger partial charge is 0.381 e. The van der Waals surface area contributed by atoms with Crippen LogP contribution in [-0.4, -0.2) is 36.5 Å². The van der Waals surface area contributed by atoms with Crippen LogP contribution in [0.4, 0.5) is 5.69 Å². The van der Waals surface area contributed by atoms with Crippen LogP contribution in [0, 0.1) is 11.3 Å². The zero-order chi connectivity index (χ0) is 14.5. The van der Waals surface area contributed by atoms with Crippen molar-refractivity contribution in [2.75, 3.05) is 25.0 Å². The Morgan fingerprint density at radius 2 is 2.20 bits per heavy atom. The van der Waals surface area contributed by atoms with Gasteiger partial charge in [0.15, 0.2) is 0 Å². The van der Waals surface area contributed by atoms with E-state index >= 15 is 0 Å². The van der Waals surface area contributed by atoms with Gasteiger partial charge >= 0.3 is 0 Å². The Kier molecular flexibility index (Phi) is 4.99. The lowest BCUT2D eigenvalue weighted by molar-refractivity contribution is -0.119. The highest BCUT2D eigenvalue weighted by molar-refractivity contribution is 9.10. The first-order valence-corrected chi connectivity index (χ1v) is 7.35. The molecule has 0 saturated carbocycles. The van der Waals surface area contributed by atoms with Crippen molar-refractivity contribution in [2.24, 2.45) is 5.73 Å². The van der Waals surface area contributed by atoms with E-state index < -0.39 is 0 Å². The van der Waals surface area contributed by atoms with Gasteiger partial charge in [-0.2, -0.15) is 5.26 Å². The lowest BCUT2D eigenvalue weighted by Gasteiger charge is -2.32. The number of likely N-dealkylation sites (tertiary alicyclic amines) is 1. The first kappa shape index (κ1) is 14.8. The smallest absolute Gasteiger partial charge is 0.231 e. The molecule has 3 N–H and O–H groups in total. The molecule has 1 fully saturated rings. The number of primary amides is 1. The molecule has 0 spiro atoms. The predicted molar refractivity (Wildman–Crippen MR) is 81.1 cm³/mol. The minimum absolute atomic E-state index is 0.282. The molecule has 1 amide bonds. The molecule has 0 atom stereocenters. The van der Waals surface area contributed by atoms with Gasteiger partial charge < -0.3 is 11.1 Å². The summed E-state index contributed by atoms with van der Waals surface area (Å²) in [4.78, 5) is 12.9. The summed E-state index contributed by atoms with van der Waals surface area (Å²) in [5.74, 6) is -0.282. The second-order valence-electron chi connectivity index (χ2n) is 4.94. The minimum atomic E-state index is -0.282. The molecule has 0 aliphatic carbocycles. The summed E-state index contributed by atoms with van der Waals surface area (Å²) in [7, 11) is 0. The summed E-state index contributed by atoms with van der Waals surface area (Å²) in [6, 6.07) is 8.22. The Morgan fingerprint density at radius 1 is 1.50 bits per heavy atom. The molecule has 0 radical (unpaired) electrons. The number of anilines is 1. The number of hydrogen-bond donors (Lipinski definition) is 2. The summed E-state index contributed by atoms with van der Waals surface area (Å²) >= 11 is 3.39. The monoisotopic (exact) mass is 336 g/mol. The molecule has 2 rings (SSSR count). The number of nitrogens with two attached hydrogens (primary N) is 1. The van der Waals surface area contributed by atoms with Crippen molar-refractivity contribution >= 4 is 27.5 Å². The van der Waals surface area contributed by atoms with Crippen LogP contribution < -0.4 is 11.1 Å². The number of nitrogens with zero attached hydrogens (tertiary/aromatic N) is 2.